The summed E-state index contributed by atoms with van der Waals surface area (Å²) in [5, 5.41) is 0. The van der Waals surface area contributed by atoms with Crippen molar-refractivity contribution in [3.05, 3.63) is 35.9 Å². The molecular weight excluding hydrogens is 428 g/mol. The summed E-state index contributed by atoms with van der Waals surface area (Å²) in [4.78, 5) is 34.2. The molecule has 0 bridgehead atoms. The van der Waals surface area contributed by atoms with Crippen molar-refractivity contribution in [2.75, 3.05) is 36.3 Å². The molecule has 3 amide bonds. The lowest BCUT2D eigenvalue weighted by Gasteiger charge is -2.22. The normalized spacial score (nSPS) is 13.5. The third-order valence-electron chi connectivity index (χ3n) is 4.50. The SMILES string of the molecule is COc1cc(OC)nc(N(C(N)=O)S(=O)(=O)Nc2ccccc2C(=O)N2CCCC2)n1. The van der Waals surface area contributed by atoms with Gasteiger partial charge >= 0.3 is 16.2 Å². The van der Waals surface area contributed by atoms with Gasteiger partial charge in [-0.3, -0.25) is 9.52 Å². The third kappa shape index (κ3) is 4.77. The zero-order valence-electron chi connectivity index (χ0n) is 16.9. The van der Waals surface area contributed by atoms with Crippen LogP contribution in [0.3, 0.4) is 0 Å². The van der Waals surface area contributed by atoms with Crippen molar-refractivity contribution in [2.45, 2.75) is 12.8 Å². The Labute approximate surface area is 179 Å². The van der Waals surface area contributed by atoms with Gasteiger partial charge in [0.2, 0.25) is 11.8 Å². The van der Waals surface area contributed by atoms with Gasteiger partial charge in [0.1, 0.15) is 0 Å². The maximum absolute atomic E-state index is 13.1. The van der Waals surface area contributed by atoms with Crippen molar-refractivity contribution in [2.24, 2.45) is 5.73 Å². The number of carbonyl (C=O) groups is 2. The largest absolute Gasteiger partial charge is 0.481 e. The number of hydrogen-bond acceptors (Lipinski definition) is 8. The van der Waals surface area contributed by atoms with Crippen LogP contribution in [0.4, 0.5) is 16.4 Å². The summed E-state index contributed by atoms with van der Waals surface area (Å²) in [5.41, 5.74) is 5.45. The smallest absolute Gasteiger partial charge is 0.337 e. The second kappa shape index (κ2) is 9.04. The molecule has 1 saturated heterocycles. The number of methoxy groups -OCH3 is 2. The molecule has 0 atom stereocenters. The van der Waals surface area contributed by atoms with Crippen molar-refractivity contribution in [3.8, 4) is 11.8 Å². The average Bonchev–Trinajstić information content (AvgIpc) is 3.27. The number of primary amides is 1. The minimum Gasteiger partial charge on any atom is -0.481 e. The fourth-order valence-corrected chi connectivity index (χ4v) is 4.13. The lowest BCUT2D eigenvalue weighted by Crippen LogP contribution is -2.45. The molecule has 31 heavy (non-hydrogen) atoms. The first kappa shape index (κ1) is 22.1. The Kier molecular flexibility index (Phi) is 6.44. The number of nitrogens with one attached hydrogen (secondary N) is 1. The standard InChI is InChI=1S/C18H22N6O6S/c1-29-14-11-15(30-2)21-18(20-14)24(17(19)26)31(27,28)22-13-8-4-3-7-12(13)16(25)23-9-5-6-10-23/h3-4,7-8,11,22H,5-6,9-10H2,1-2H3,(H2,19,26). The highest BCUT2D eigenvalue weighted by molar-refractivity contribution is 7.94. The fraction of sp³-hybridized carbons (Fsp3) is 0.333. The number of urea groups is 1. The van der Waals surface area contributed by atoms with Crippen LogP contribution >= 0.6 is 0 Å². The van der Waals surface area contributed by atoms with Crippen LogP contribution in [0.25, 0.3) is 0 Å². The van der Waals surface area contributed by atoms with Gasteiger partial charge in [0.15, 0.2) is 0 Å². The number of hydrogen-bond donors (Lipinski definition) is 2. The van der Waals surface area contributed by atoms with E-state index in [1.807, 2.05) is 0 Å². The highest BCUT2D eigenvalue weighted by Crippen LogP contribution is 2.25. The summed E-state index contributed by atoms with van der Waals surface area (Å²) in [7, 11) is -2.06. The molecule has 0 unspecified atom stereocenters. The minimum atomic E-state index is -4.66. The van der Waals surface area contributed by atoms with E-state index in [1.54, 1.807) is 17.0 Å². The Bertz CT molecular complexity index is 1060. The molecule has 1 aromatic heterocycles. The maximum Gasteiger partial charge on any atom is 0.337 e. The average molecular weight is 450 g/mol. The van der Waals surface area contributed by atoms with Crippen molar-refractivity contribution in [3.63, 3.8) is 0 Å². The van der Waals surface area contributed by atoms with Crippen LogP contribution in [0.2, 0.25) is 0 Å². The van der Waals surface area contributed by atoms with Gasteiger partial charge in [0.05, 0.1) is 31.5 Å². The van der Waals surface area contributed by atoms with E-state index in [4.69, 9.17) is 15.2 Å². The number of anilines is 2. The van der Waals surface area contributed by atoms with Crippen LogP contribution in [-0.4, -0.2) is 62.5 Å². The molecule has 0 aliphatic carbocycles. The lowest BCUT2D eigenvalue weighted by atomic mass is 10.1. The molecular formula is C18H22N6O6S. The number of carbonyl (C=O) groups excluding carboxylic acids is 2. The zero-order chi connectivity index (χ0) is 22.6. The first-order valence-electron chi connectivity index (χ1n) is 9.24. The molecule has 1 aromatic carbocycles. The second-order valence-corrected chi connectivity index (χ2v) is 8.03. The summed E-state index contributed by atoms with van der Waals surface area (Å²) in [5.74, 6) is -0.999. The van der Waals surface area contributed by atoms with E-state index in [1.165, 1.54) is 32.4 Å². The van der Waals surface area contributed by atoms with E-state index in [-0.39, 0.29) is 33.2 Å². The first-order valence-corrected chi connectivity index (χ1v) is 10.7. The van der Waals surface area contributed by atoms with E-state index in [0.717, 1.165) is 12.8 Å². The predicted molar refractivity (Wildman–Crippen MR) is 111 cm³/mol. The third-order valence-corrected chi connectivity index (χ3v) is 5.80. The second-order valence-electron chi connectivity index (χ2n) is 6.51. The Morgan fingerprint density at radius 3 is 2.23 bits per heavy atom. The summed E-state index contributed by atoms with van der Waals surface area (Å²) in [6, 6.07) is 6.00. The summed E-state index contributed by atoms with van der Waals surface area (Å²) >= 11 is 0. The Morgan fingerprint density at radius 2 is 1.68 bits per heavy atom. The number of rotatable bonds is 7. The number of likely N-dealkylation sites (tertiary alicyclic amines) is 1. The van der Waals surface area contributed by atoms with E-state index < -0.39 is 22.2 Å². The van der Waals surface area contributed by atoms with Gasteiger partial charge in [0.25, 0.3) is 11.9 Å². The molecule has 1 fully saturated rings. The zero-order valence-corrected chi connectivity index (χ0v) is 17.8. The molecule has 0 saturated carbocycles. The number of amides is 3. The van der Waals surface area contributed by atoms with E-state index in [0.29, 0.717) is 13.1 Å². The van der Waals surface area contributed by atoms with Gasteiger partial charge in [-0.25, -0.2) is 4.79 Å². The fourth-order valence-electron chi connectivity index (χ4n) is 3.05. The molecule has 166 valence electrons. The molecule has 0 spiro atoms. The van der Waals surface area contributed by atoms with E-state index >= 15 is 0 Å². The highest BCUT2D eigenvalue weighted by atomic mass is 32.2. The van der Waals surface area contributed by atoms with E-state index in [9.17, 15) is 18.0 Å². The Morgan fingerprint density at radius 1 is 1.10 bits per heavy atom. The number of ether oxygens (including phenoxy) is 2. The predicted octanol–water partition coefficient (Wildman–Crippen LogP) is 0.972. The quantitative estimate of drug-likeness (QED) is 0.632. The van der Waals surface area contributed by atoms with Crippen LogP contribution in [0.15, 0.2) is 30.3 Å². The monoisotopic (exact) mass is 450 g/mol. The number of nitrogens with two attached hydrogens (primary N) is 1. The molecule has 2 heterocycles. The summed E-state index contributed by atoms with van der Waals surface area (Å²) in [6.07, 6.45) is 1.76. The Balaban J connectivity index is 1.99. The van der Waals surface area contributed by atoms with Crippen LogP contribution in [0.5, 0.6) is 11.8 Å². The molecule has 3 N–H and O–H groups in total. The van der Waals surface area contributed by atoms with Crippen LogP contribution in [0.1, 0.15) is 23.2 Å². The van der Waals surface area contributed by atoms with Crippen LogP contribution in [0, 0.1) is 0 Å². The van der Waals surface area contributed by atoms with Crippen molar-refractivity contribution in [1.29, 1.82) is 0 Å². The number of para-hydroxylation sites is 1. The molecule has 0 radical (unpaired) electrons. The molecule has 2 aromatic rings. The van der Waals surface area contributed by atoms with Crippen LogP contribution in [-0.2, 0) is 10.2 Å². The number of benzene rings is 1. The van der Waals surface area contributed by atoms with Gasteiger partial charge in [-0.2, -0.15) is 18.4 Å². The summed E-state index contributed by atoms with van der Waals surface area (Å²) in [6.45, 7) is 1.18. The van der Waals surface area contributed by atoms with E-state index in [2.05, 4.69) is 14.7 Å². The molecule has 12 nitrogen and oxygen atoms in total. The lowest BCUT2D eigenvalue weighted by molar-refractivity contribution is 0.0794. The first-order chi connectivity index (χ1) is 14.8. The summed E-state index contributed by atoms with van der Waals surface area (Å²) < 4.78 is 38.5. The van der Waals surface area contributed by atoms with Gasteiger partial charge < -0.3 is 20.1 Å². The minimum absolute atomic E-state index is 0.0134. The Hall–Kier alpha value is -3.61. The topological polar surface area (TPSA) is 157 Å². The van der Waals surface area contributed by atoms with Crippen molar-refractivity contribution >= 4 is 33.8 Å². The maximum atomic E-state index is 13.1. The molecule has 13 heteroatoms. The van der Waals surface area contributed by atoms with Crippen molar-refractivity contribution < 1.29 is 27.5 Å². The van der Waals surface area contributed by atoms with Crippen LogP contribution < -0.4 is 24.2 Å². The number of aromatic nitrogens is 2. The molecule has 1 aliphatic heterocycles. The van der Waals surface area contributed by atoms with Gasteiger partial charge in [-0.05, 0) is 25.0 Å². The van der Waals surface area contributed by atoms with Gasteiger partial charge in [-0.1, -0.05) is 12.1 Å². The van der Waals surface area contributed by atoms with Gasteiger partial charge in [-0.15, -0.1) is 4.31 Å². The van der Waals surface area contributed by atoms with Gasteiger partial charge in [0, 0.05) is 13.1 Å². The highest BCUT2D eigenvalue weighted by Gasteiger charge is 2.33. The molecule has 1 aliphatic rings. The molecule has 3 rings (SSSR count). The number of nitrogens with zero attached hydrogens (tertiary/aromatic N) is 4. The van der Waals surface area contributed by atoms with Crippen molar-refractivity contribution in [1.82, 2.24) is 14.9 Å².